The summed E-state index contributed by atoms with van der Waals surface area (Å²) in [6.07, 6.45) is 1.66. The molecule has 0 aliphatic carbocycles. The molecule has 0 saturated carbocycles. The van der Waals surface area contributed by atoms with E-state index < -0.39 is 15.9 Å². The number of rotatable bonds is 3. The molecule has 29 heavy (non-hydrogen) atoms. The SMILES string of the molecule is CC1CCN(S(=O)(=O)c2cccc(C(=O)N3CC(=O)Nc4ccccc43)c2)CC1. The molecule has 2 aromatic rings. The van der Waals surface area contributed by atoms with Crippen LogP contribution in [-0.2, 0) is 14.8 Å². The van der Waals surface area contributed by atoms with Crippen LogP contribution >= 0.6 is 0 Å². The van der Waals surface area contributed by atoms with Gasteiger partial charge >= 0.3 is 0 Å². The van der Waals surface area contributed by atoms with Gasteiger partial charge in [0.2, 0.25) is 15.9 Å². The van der Waals surface area contributed by atoms with Crippen LogP contribution in [0.2, 0.25) is 0 Å². The van der Waals surface area contributed by atoms with Gasteiger partial charge in [0.25, 0.3) is 5.91 Å². The Kier molecular flexibility index (Phi) is 5.14. The number of nitrogens with zero attached hydrogens (tertiary/aromatic N) is 2. The highest BCUT2D eigenvalue weighted by Gasteiger charge is 2.31. The van der Waals surface area contributed by atoms with Crippen molar-refractivity contribution in [2.24, 2.45) is 5.92 Å². The molecule has 0 bridgehead atoms. The maximum Gasteiger partial charge on any atom is 0.258 e. The Hall–Kier alpha value is -2.71. The van der Waals surface area contributed by atoms with Crippen molar-refractivity contribution >= 4 is 33.2 Å². The van der Waals surface area contributed by atoms with E-state index in [1.54, 1.807) is 36.4 Å². The number of nitrogens with one attached hydrogen (secondary N) is 1. The summed E-state index contributed by atoms with van der Waals surface area (Å²) in [7, 11) is -3.66. The van der Waals surface area contributed by atoms with E-state index in [1.807, 2.05) is 0 Å². The van der Waals surface area contributed by atoms with E-state index in [-0.39, 0.29) is 22.9 Å². The Bertz CT molecular complexity index is 1060. The minimum atomic E-state index is -3.66. The van der Waals surface area contributed by atoms with Gasteiger partial charge in [-0.2, -0.15) is 4.31 Å². The van der Waals surface area contributed by atoms with Crippen molar-refractivity contribution in [3.8, 4) is 0 Å². The smallest absolute Gasteiger partial charge is 0.258 e. The Morgan fingerprint density at radius 1 is 1.07 bits per heavy atom. The molecule has 0 aromatic heterocycles. The molecule has 1 N–H and O–H groups in total. The number of hydrogen-bond donors (Lipinski definition) is 1. The molecule has 2 heterocycles. The molecule has 0 spiro atoms. The van der Waals surface area contributed by atoms with Crippen molar-refractivity contribution < 1.29 is 18.0 Å². The molecule has 8 heteroatoms. The van der Waals surface area contributed by atoms with Crippen LogP contribution in [-0.4, -0.2) is 44.2 Å². The second-order valence-electron chi connectivity index (χ2n) is 7.57. The summed E-state index contributed by atoms with van der Waals surface area (Å²) in [5.41, 5.74) is 1.39. The highest BCUT2D eigenvalue weighted by Crippen LogP contribution is 2.31. The molecule has 1 saturated heterocycles. The van der Waals surface area contributed by atoms with Crippen LogP contribution in [0, 0.1) is 5.92 Å². The molecule has 2 aliphatic rings. The highest BCUT2D eigenvalue weighted by atomic mass is 32.2. The number of benzene rings is 2. The van der Waals surface area contributed by atoms with Crippen molar-refractivity contribution in [1.29, 1.82) is 0 Å². The van der Waals surface area contributed by atoms with Gasteiger partial charge in [-0.3, -0.25) is 14.5 Å². The molecule has 152 valence electrons. The number of carbonyl (C=O) groups is 2. The maximum atomic E-state index is 13.1. The first-order chi connectivity index (χ1) is 13.9. The molecule has 0 atom stereocenters. The van der Waals surface area contributed by atoms with E-state index in [1.165, 1.54) is 21.3 Å². The van der Waals surface area contributed by atoms with E-state index in [0.717, 1.165) is 12.8 Å². The third-order valence-electron chi connectivity index (χ3n) is 5.48. The Morgan fingerprint density at radius 2 is 1.79 bits per heavy atom. The lowest BCUT2D eigenvalue weighted by molar-refractivity contribution is -0.115. The van der Waals surface area contributed by atoms with Crippen LogP contribution in [0.5, 0.6) is 0 Å². The number of carbonyl (C=O) groups excluding carboxylic acids is 2. The standard InChI is InChI=1S/C21H23N3O4S/c1-15-9-11-23(12-10-15)29(27,28)17-6-4-5-16(13-17)21(26)24-14-20(25)22-18-7-2-3-8-19(18)24/h2-8,13,15H,9-12,14H2,1H3,(H,22,25). The number of anilines is 2. The fraction of sp³-hybridized carbons (Fsp3) is 0.333. The molecule has 2 aliphatic heterocycles. The fourth-order valence-corrected chi connectivity index (χ4v) is 5.25. The van der Waals surface area contributed by atoms with E-state index in [2.05, 4.69) is 12.2 Å². The van der Waals surface area contributed by atoms with E-state index >= 15 is 0 Å². The van der Waals surface area contributed by atoms with E-state index in [9.17, 15) is 18.0 Å². The first-order valence-electron chi connectivity index (χ1n) is 9.67. The predicted molar refractivity (Wildman–Crippen MR) is 110 cm³/mol. The molecule has 4 rings (SSSR count). The highest BCUT2D eigenvalue weighted by molar-refractivity contribution is 7.89. The molecule has 7 nitrogen and oxygen atoms in total. The van der Waals surface area contributed by atoms with Crippen molar-refractivity contribution in [3.05, 3.63) is 54.1 Å². The monoisotopic (exact) mass is 413 g/mol. The molecule has 0 unspecified atom stereocenters. The summed E-state index contributed by atoms with van der Waals surface area (Å²) in [5, 5.41) is 2.74. The van der Waals surface area contributed by atoms with Gasteiger partial charge in [-0.1, -0.05) is 25.1 Å². The first kappa shape index (κ1) is 19.6. The lowest BCUT2D eigenvalue weighted by Crippen LogP contribution is -2.42. The van der Waals surface area contributed by atoms with Crippen LogP contribution in [0.1, 0.15) is 30.1 Å². The summed E-state index contributed by atoms with van der Waals surface area (Å²) in [6, 6.07) is 13.1. The fourth-order valence-electron chi connectivity index (χ4n) is 3.73. The van der Waals surface area contributed by atoms with Crippen molar-refractivity contribution in [3.63, 3.8) is 0 Å². The second kappa shape index (κ2) is 7.61. The Morgan fingerprint density at radius 3 is 2.55 bits per heavy atom. The van der Waals surface area contributed by atoms with Crippen LogP contribution in [0.15, 0.2) is 53.4 Å². The quantitative estimate of drug-likeness (QED) is 0.838. The number of amides is 2. The zero-order valence-electron chi connectivity index (χ0n) is 16.2. The zero-order chi connectivity index (χ0) is 20.6. The summed E-state index contributed by atoms with van der Waals surface area (Å²) in [5.74, 6) is -0.181. The lowest BCUT2D eigenvalue weighted by atomic mass is 10.0. The number of para-hydroxylation sites is 2. The summed E-state index contributed by atoms with van der Waals surface area (Å²) in [4.78, 5) is 26.6. The third kappa shape index (κ3) is 3.77. The predicted octanol–water partition coefficient (Wildman–Crippen LogP) is 2.71. The largest absolute Gasteiger partial charge is 0.323 e. The summed E-state index contributed by atoms with van der Waals surface area (Å²) < 4.78 is 27.6. The van der Waals surface area contributed by atoms with Crippen molar-refractivity contribution in [2.75, 3.05) is 29.9 Å². The number of piperidine rings is 1. The van der Waals surface area contributed by atoms with Gasteiger partial charge in [-0.25, -0.2) is 8.42 Å². The van der Waals surface area contributed by atoms with E-state index in [0.29, 0.717) is 30.4 Å². The molecule has 1 fully saturated rings. The summed E-state index contributed by atoms with van der Waals surface area (Å²) >= 11 is 0. The third-order valence-corrected chi connectivity index (χ3v) is 7.37. The average Bonchev–Trinajstić information content (AvgIpc) is 2.73. The van der Waals surface area contributed by atoms with Gasteiger partial charge in [0.1, 0.15) is 6.54 Å². The van der Waals surface area contributed by atoms with Gasteiger partial charge < -0.3 is 5.32 Å². The van der Waals surface area contributed by atoms with Crippen LogP contribution < -0.4 is 10.2 Å². The van der Waals surface area contributed by atoms with E-state index in [4.69, 9.17) is 0 Å². The Balaban J connectivity index is 1.64. The number of hydrogen-bond acceptors (Lipinski definition) is 4. The molecular formula is C21H23N3O4S. The van der Waals surface area contributed by atoms with Crippen molar-refractivity contribution in [1.82, 2.24) is 4.31 Å². The number of fused-ring (bicyclic) bond motifs is 1. The van der Waals surface area contributed by atoms with Crippen LogP contribution in [0.3, 0.4) is 0 Å². The van der Waals surface area contributed by atoms with Crippen LogP contribution in [0.25, 0.3) is 0 Å². The zero-order valence-corrected chi connectivity index (χ0v) is 17.0. The van der Waals surface area contributed by atoms with Crippen LogP contribution in [0.4, 0.5) is 11.4 Å². The first-order valence-corrected chi connectivity index (χ1v) is 11.1. The average molecular weight is 413 g/mol. The van der Waals surface area contributed by atoms with Gasteiger partial charge in [0.15, 0.2) is 0 Å². The minimum absolute atomic E-state index is 0.104. The number of sulfonamides is 1. The normalized spacial score (nSPS) is 18.2. The molecule has 2 aromatic carbocycles. The topological polar surface area (TPSA) is 86.8 Å². The summed E-state index contributed by atoms with van der Waals surface area (Å²) in [6.45, 7) is 2.98. The minimum Gasteiger partial charge on any atom is -0.323 e. The second-order valence-corrected chi connectivity index (χ2v) is 9.51. The van der Waals surface area contributed by atoms with Gasteiger partial charge in [0, 0.05) is 18.7 Å². The molecular weight excluding hydrogens is 390 g/mol. The van der Waals surface area contributed by atoms with Gasteiger partial charge in [-0.15, -0.1) is 0 Å². The molecule has 0 radical (unpaired) electrons. The maximum absolute atomic E-state index is 13.1. The van der Waals surface area contributed by atoms with Gasteiger partial charge in [0.05, 0.1) is 16.3 Å². The molecule has 2 amide bonds. The van der Waals surface area contributed by atoms with Gasteiger partial charge in [-0.05, 0) is 49.1 Å². The Labute approximate surface area is 170 Å². The lowest BCUT2D eigenvalue weighted by Gasteiger charge is -2.30. The van der Waals surface area contributed by atoms with Crippen molar-refractivity contribution in [2.45, 2.75) is 24.7 Å².